The number of halogens is 11. The van der Waals surface area contributed by atoms with Gasteiger partial charge in [-0.3, -0.25) is 4.55 Å². The van der Waals surface area contributed by atoms with Crippen LogP contribution in [0.1, 0.15) is 0 Å². The Morgan fingerprint density at radius 1 is 0.619 bits per heavy atom. The molecule has 0 aliphatic rings. The molecule has 0 atom stereocenters. The van der Waals surface area contributed by atoms with Gasteiger partial charge in [-0.2, -0.15) is 56.7 Å². The summed E-state index contributed by atoms with van der Waals surface area (Å²) in [7, 11) is -7.41. The Kier molecular flexibility index (Phi) is 5.95. The summed E-state index contributed by atoms with van der Waals surface area (Å²) in [5.74, 6) is -23.3. The van der Waals surface area contributed by atoms with Gasteiger partial charge in [0.1, 0.15) is 0 Å². The molecule has 0 saturated heterocycles. The molecule has 0 fully saturated rings. The molecular weight excluding hydrogens is 356 g/mol. The van der Waals surface area contributed by atoms with Crippen LogP contribution in [0.2, 0.25) is 0 Å². The zero-order chi connectivity index (χ0) is 17.0. The molecule has 0 radical (unpaired) electrons. The van der Waals surface area contributed by atoms with E-state index in [2.05, 4.69) is 0 Å². The third kappa shape index (κ3) is 3.10. The molecule has 0 aromatic carbocycles. The Balaban J connectivity index is 0. The monoisotopic (exact) mass is 358 g/mol. The van der Waals surface area contributed by atoms with E-state index in [1.165, 1.54) is 0 Å². The first kappa shape index (κ1) is 23.0. The zero-order valence-electron chi connectivity index (χ0n) is 8.33. The maximum atomic E-state index is 12.5. The molecule has 0 unspecified atom stereocenters. The molecule has 0 aliphatic carbocycles. The molecule has 124 valence electrons. The van der Waals surface area contributed by atoms with Crippen molar-refractivity contribution in [2.75, 3.05) is 0 Å². The third-order valence-corrected chi connectivity index (χ3v) is 2.74. The molecule has 0 bridgehead atoms. The normalized spacial score (nSPS) is 15.6. The van der Waals surface area contributed by atoms with Gasteiger partial charge >= 0.3 is 58.2 Å². The maximum absolute atomic E-state index is 12.5. The van der Waals surface area contributed by atoms with Crippen molar-refractivity contribution in [2.24, 2.45) is 0 Å². The van der Waals surface area contributed by atoms with Gasteiger partial charge in [-0.1, -0.05) is 0 Å². The molecule has 0 aliphatic heterocycles. The minimum atomic E-state index is -7.86. The van der Waals surface area contributed by atoms with Gasteiger partial charge in [-0.25, -0.2) is 0 Å². The van der Waals surface area contributed by atoms with Crippen molar-refractivity contribution in [1.29, 1.82) is 0 Å². The molecule has 0 spiro atoms. The molecule has 0 heterocycles. The minimum absolute atomic E-state index is 0. The van der Waals surface area contributed by atoms with Crippen molar-refractivity contribution in [1.82, 2.24) is 0 Å². The van der Waals surface area contributed by atoms with E-state index in [1.54, 1.807) is 0 Å². The van der Waals surface area contributed by atoms with Crippen molar-refractivity contribution >= 4 is 29.0 Å². The number of hydrogen-bond acceptors (Lipinski definition) is 2. The predicted octanol–water partition coefficient (Wildman–Crippen LogP) is 2.29. The first-order chi connectivity index (χ1) is 8.25. The van der Waals surface area contributed by atoms with Crippen LogP contribution in [0, 0.1) is 0 Å². The average Bonchev–Trinajstić information content (AvgIpc) is 2.12. The molecule has 3 nitrogen and oxygen atoms in total. The van der Waals surface area contributed by atoms with Gasteiger partial charge in [0, 0.05) is 0 Å². The van der Waals surface area contributed by atoms with E-state index in [0.29, 0.717) is 0 Å². The van der Waals surface area contributed by atoms with Gasteiger partial charge in [-0.15, -0.1) is 0 Å². The third-order valence-electron chi connectivity index (χ3n) is 1.83. The van der Waals surface area contributed by atoms with Crippen LogP contribution in [0.5, 0.6) is 0 Å². The van der Waals surface area contributed by atoms with Crippen LogP contribution in [-0.4, -0.2) is 61.0 Å². The topological polar surface area (TPSA) is 54.4 Å². The fourth-order valence-corrected chi connectivity index (χ4v) is 1.17. The molecule has 0 aromatic rings. The number of alkyl halides is 11. The molecule has 16 heteroatoms. The van der Waals surface area contributed by atoms with Crippen molar-refractivity contribution in [2.45, 2.75) is 29.2 Å². The van der Waals surface area contributed by atoms with Gasteiger partial charge in [0.05, 0.1) is 0 Å². The van der Waals surface area contributed by atoms with E-state index in [0.717, 1.165) is 0 Å². The van der Waals surface area contributed by atoms with Crippen LogP contribution < -0.4 is 0 Å². The van der Waals surface area contributed by atoms with Crippen molar-refractivity contribution in [3.8, 4) is 0 Å². The summed E-state index contributed by atoms with van der Waals surface area (Å²) in [4.78, 5) is 0. The molecule has 0 aromatic heterocycles. The predicted molar refractivity (Wildman–Crippen MR) is 44.5 cm³/mol. The molecule has 1 N–H and O–H groups in total. The first-order valence-electron chi connectivity index (χ1n) is 3.80. The van der Waals surface area contributed by atoms with Gasteiger partial charge in [0.15, 0.2) is 0 Å². The fraction of sp³-hybridized carbons (Fsp3) is 1.00. The quantitative estimate of drug-likeness (QED) is 0.477. The van der Waals surface area contributed by atoms with Gasteiger partial charge in [-0.05, 0) is 0 Å². The van der Waals surface area contributed by atoms with E-state index in [4.69, 9.17) is 4.55 Å². The van der Waals surface area contributed by atoms with E-state index < -0.39 is 39.3 Å². The molecule has 21 heavy (non-hydrogen) atoms. The Hall–Kier alpha value is -0.263. The molecule has 0 saturated carbocycles. The van der Waals surface area contributed by atoms with Crippen LogP contribution in [0.4, 0.5) is 48.3 Å². The summed E-state index contributed by atoms with van der Waals surface area (Å²) < 4.78 is 161. The van der Waals surface area contributed by atoms with Crippen LogP contribution in [0.3, 0.4) is 0 Å². The number of rotatable bonds is 4. The van der Waals surface area contributed by atoms with E-state index >= 15 is 0 Å². The van der Waals surface area contributed by atoms with Crippen LogP contribution in [0.15, 0.2) is 0 Å². The summed E-state index contributed by atoms with van der Waals surface area (Å²) in [6.07, 6.45) is -7.39. The summed E-state index contributed by atoms with van der Waals surface area (Å²) in [5, 5.41) is -7.29. The number of hydrogen-bond donors (Lipinski definition) is 1. The summed E-state index contributed by atoms with van der Waals surface area (Å²) in [6.45, 7) is 0. The molecular formula is C5H2F11LiO3S. The zero-order valence-corrected chi connectivity index (χ0v) is 9.15. The average molecular weight is 358 g/mol. The summed E-state index contributed by atoms with van der Waals surface area (Å²) >= 11 is 0. The van der Waals surface area contributed by atoms with Crippen LogP contribution in [-0.2, 0) is 10.1 Å². The Labute approximate surface area is 120 Å². The van der Waals surface area contributed by atoms with Crippen molar-refractivity contribution in [3.05, 3.63) is 0 Å². The second-order valence-corrected chi connectivity index (χ2v) is 4.68. The van der Waals surface area contributed by atoms with Crippen LogP contribution >= 0.6 is 0 Å². The Morgan fingerprint density at radius 3 is 1.10 bits per heavy atom. The van der Waals surface area contributed by atoms with Crippen molar-refractivity contribution in [3.63, 3.8) is 0 Å². The Bertz CT molecular complexity index is 481. The van der Waals surface area contributed by atoms with Gasteiger partial charge in [0.2, 0.25) is 0 Å². The van der Waals surface area contributed by atoms with Crippen molar-refractivity contribution < 1.29 is 61.3 Å². The fourth-order valence-electron chi connectivity index (χ4n) is 0.720. The van der Waals surface area contributed by atoms with Gasteiger partial charge in [0.25, 0.3) is 0 Å². The second kappa shape index (κ2) is 5.43. The molecule has 0 rings (SSSR count). The van der Waals surface area contributed by atoms with Gasteiger partial charge < -0.3 is 0 Å². The van der Waals surface area contributed by atoms with Crippen LogP contribution in [0.25, 0.3) is 0 Å². The van der Waals surface area contributed by atoms with E-state index in [9.17, 15) is 56.7 Å². The van der Waals surface area contributed by atoms with E-state index in [-0.39, 0.29) is 18.9 Å². The SMILES string of the molecule is O=S(=O)(O)C(F)(F)C(F)(F)C(F)(F)C(F)(F)C(F)(F)F.[LiH]. The summed E-state index contributed by atoms with van der Waals surface area (Å²) in [6, 6.07) is 0. The first-order valence-corrected chi connectivity index (χ1v) is 5.24. The van der Waals surface area contributed by atoms with E-state index in [1.807, 2.05) is 0 Å². The second-order valence-electron chi connectivity index (χ2n) is 3.21. The standard InChI is InChI=1S/C5HF11O3S.Li.H/c6-1(7,2(8,9)4(12,13)14)3(10,11)5(15,16)20(17,18)19;;/h(H,17,18,19);;. The summed E-state index contributed by atoms with van der Waals surface area (Å²) in [5.41, 5.74) is 0. The molecule has 0 amide bonds. The Morgan fingerprint density at radius 2 is 0.905 bits per heavy atom.